The highest BCUT2D eigenvalue weighted by Gasteiger charge is 2.29. The maximum Gasteiger partial charge on any atom is 0.340 e. The van der Waals surface area contributed by atoms with Crippen molar-refractivity contribution in [2.75, 3.05) is 0 Å². The summed E-state index contributed by atoms with van der Waals surface area (Å²) in [5.41, 5.74) is 0.370. The van der Waals surface area contributed by atoms with Gasteiger partial charge in [-0.15, -0.1) is 11.8 Å². The Morgan fingerprint density at radius 1 is 1.00 bits per heavy atom. The van der Waals surface area contributed by atoms with Crippen molar-refractivity contribution in [1.29, 1.82) is 0 Å². The zero-order chi connectivity index (χ0) is 18.7. The summed E-state index contributed by atoms with van der Waals surface area (Å²) in [6.07, 6.45) is 3.18. The number of carbonyl (C=O) groups is 3. The molecule has 2 fully saturated rings. The molecule has 2 N–H and O–H groups in total. The molecule has 26 heavy (non-hydrogen) atoms. The molecule has 0 heterocycles. The van der Waals surface area contributed by atoms with Gasteiger partial charge in [-0.3, -0.25) is 9.59 Å². The fourth-order valence-corrected chi connectivity index (χ4v) is 3.34. The number of nitrogens with one attached hydrogen (secondary N) is 2. The van der Waals surface area contributed by atoms with Crippen LogP contribution in [0.4, 0.5) is 0 Å². The maximum atomic E-state index is 12.5. The van der Waals surface area contributed by atoms with E-state index in [1.807, 2.05) is 13.0 Å². The van der Waals surface area contributed by atoms with Gasteiger partial charge < -0.3 is 15.4 Å². The average molecular weight is 376 g/mol. The van der Waals surface area contributed by atoms with Gasteiger partial charge in [0.15, 0.2) is 6.10 Å². The standard InChI is InChI=1S/C19H24N2O4S/c1-11(17(22)20-13-7-8-13)25-19(24)15-5-3-4-6-16(15)26-12(2)18(23)21-14-9-10-14/h3-6,11-14H,7-10H2,1-2H3,(H,20,22)(H,21,23)/t11-,12-/m0/s1. The predicted octanol–water partition coefficient (Wildman–Crippen LogP) is 2.27. The number of carbonyl (C=O) groups excluding carboxylic acids is 3. The van der Waals surface area contributed by atoms with E-state index >= 15 is 0 Å². The molecule has 0 aromatic heterocycles. The Labute approximate surface area is 157 Å². The van der Waals surface area contributed by atoms with Crippen LogP contribution in [0.2, 0.25) is 0 Å². The summed E-state index contributed by atoms with van der Waals surface area (Å²) in [4.78, 5) is 37.3. The zero-order valence-electron chi connectivity index (χ0n) is 15.0. The van der Waals surface area contributed by atoms with Crippen molar-refractivity contribution in [3.8, 4) is 0 Å². The van der Waals surface area contributed by atoms with Gasteiger partial charge in [-0.1, -0.05) is 12.1 Å². The molecule has 1 aromatic rings. The third-order valence-electron chi connectivity index (χ3n) is 4.28. The number of thioether (sulfide) groups is 1. The quantitative estimate of drug-likeness (QED) is 0.537. The second-order valence-electron chi connectivity index (χ2n) is 6.87. The van der Waals surface area contributed by atoms with E-state index < -0.39 is 12.1 Å². The van der Waals surface area contributed by atoms with Crippen LogP contribution in [0.1, 0.15) is 49.9 Å². The maximum absolute atomic E-state index is 12.5. The van der Waals surface area contributed by atoms with Crippen molar-refractivity contribution >= 4 is 29.5 Å². The van der Waals surface area contributed by atoms with Gasteiger partial charge in [0.25, 0.3) is 5.91 Å². The Kier molecular flexibility index (Phi) is 5.86. The molecule has 0 bridgehead atoms. The molecule has 1 aromatic carbocycles. The highest BCUT2D eigenvalue weighted by Crippen LogP contribution is 2.29. The molecule has 6 nitrogen and oxygen atoms in total. The van der Waals surface area contributed by atoms with Crippen LogP contribution in [-0.4, -0.2) is 41.2 Å². The number of hydrogen-bond acceptors (Lipinski definition) is 5. The SMILES string of the molecule is C[C@H](OC(=O)c1ccccc1S[C@@H](C)C(=O)NC1CC1)C(=O)NC1CC1. The lowest BCUT2D eigenvalue weighted by molar-refractivity contribution is -0.129. The summed E-state index contributed by atoms with van der Waals surface area (Å²) in [6.45, 7) is 3.38. The topological polar surface area (TPSA) is 84.5 Å². The number of rotatable bonds is 8. The van der Waals surface area contributed by atoms with Crippen LogP contribution >= 0.6 is 11.8 Å². The summed E-state index contributed by atoms with van der Waals surface area (Å²) < 4.78 is 5.32. The normalized spacial score (nSPS) is 18.5. The van der Waals surface area contributed by atoms with Crippen molar-refractivity contribution < 1.29 is 19.1 Å². The van der Waals surface area contributed by atoms with Gasteiger partial charge in [-0.25, -0.2) is 4.79 Å². The van der Waals surface area contributed by atoms with Gasteiger partial charge in [-0.2, -0.15) is 0 Å². The highest BCUT2D eigenvalue weighted by atomic mass is 32.2. The first kappa shape index (κ1) is 18.8. The third-order valence-corrected chi connectivity index (χ3v) is 5.46. The molecular weight excluding hydrogens is 352 g/mol. The van der Waals surface area contributed by atoms with E-state index in [2.05, 4.69) is 10.6 Å². The summed E-state index contributed by atoms with van der Waals surface area (Å²) in [5.74, 6) is -0.859. The van der Waals surface area contributed by atoms with E-state index in [9.17, 15) is 14.4 Å². The fourth-order valence-electron chi connectivity index (χ4n) is 2.35. The predicted molar refractivity (Wildman–Crippen MR) is 99.0 cm³/mol. The van der Waals surface area contributed by atoms with Gasteiger partial charge >= 0.3 is 5.97 Å². The van der Waals surface area contributed by atoms with E-state index in [1.165, 1.54) is 11.8 Å². The molecule has 2 aliphatic rings. The third kappa shape index (κ3) is 5.24. The van der Waals surface area contributed by atoms with Crippen LogP contribution in [0.3, 0.4) is 0 Å². The molecule has 2 aliphatic carbocycles. The smallest absolute Gasteiger partial charge is 0.340 e. The number of ether oxygens (including phenoxy) is 1. The van der Waals surface area contributed by atoms with E-state index in [0.29, 0.717) is 16.5 Å². The summed E-state index contributed by atoms with van der Waals surface area (Å²) in [5, 5.41) is 5.47. The molecule has 140 valence electrons. The van der Waals surface area contributed by atoms with Crippen molar-refractivity contribution in [2.45, 2.75) is 67.9 Å². The minimum Gasteiger partial charge on any atom is -0.449 e. The Morgan fingerprint density at radius 2 is 1.58 bits per heavy atom. The zero-order valence-corrected chi connectivity index (χ0v) is 15.8. The number of esters is 1. The average Bonchev–Trinajstić information content (AvgIpc) is 3.51. The largest absolute Gasteiger partial charge is 0.449 e. The Morgan fingerprint density at radius 3 is 2.19 bits per heavy atom. The van der Waals surface area contributed by atoms with Crippen LogP contribution < -0.4 is 10.6 Å². The van der Waals surface area contributed by atoms with E-state index in [0.717, 1.165) is 25.7 Å². The second-order valence-corrected chi connectivity index (χ2v) is 8.25. The van der Waals surface area contributed by atoms with Crippen molar-refractivity contribution in [1.82, 2.24) is 10.6 Å². The molecule has 0 unspecified atom stereocenters. The molecule has 2 saturated carbocycles. The number of benzene rings is 1. The van der Waals surface area contributed by atoms with Crippen molar-refractivity contribution in [3.05, 3.63) is 29.8 Å². The molecule has 2 atom stereocenters. The molecule has 0 aliphatic heterocycles. The Hall–Kier alpha value is -2.02. The van der Waals surface area contributed by atoms with Crippen molar-refractivity contribution in [3.63, 3.8) is 0 Å². The summed E-state index contributed by atoms with van der Waals surface area (Å²) in [7, 11) is 0. The molecule has 0 saturated heterocycles. The van der Waals surface area contributed by atoms with Crippen LogP contribution in [0.25, 0.3) is 0 Å². The number of hydrogen-bond donors (Lipinski definition) is 2. The van der Waals surface area contributed by atoms with E-state index in [4.69, 9.17) is 4.74 Å². The number of amides is 2. The lowest BCUT2D eigenvalue weighted by Crippen LogP contribution is -2.37. The van der Waals surface area contributed by atoms with Gasteiger partial charge in [0.05, 0.1) is 10.8 Å². The first-order valence-corrected chi connectivity index (χ1v) is 9.89. The molecule has 3 rings (SSSR count). The lowest BCUT2D eigenvalue weighted by Gasteiger charge is -2.16. The second kappa shape index (κ2) is 8.12. The monoisotopic (exact) mass is 376 g/mol. The molecule has 0 radical (unpaired) electrons. The minimum atomic E-state index is -0.850. The van der Waals surface area contributed by atoms with Crippen LogP contribution in [0.15, 0.2) is 29.2 Å². The summed E-state index contributed by atoms with van der Waals surface area (Å²) in [6, 6.07) is 7.52. The van der Waals surface area contributed by atoms with Crippen LogP contribution in [0.5, 0.6) is 0 Å². The van der Waals surface area contributed by atoms with Gasteiger partial charge in [0, 0.05) is 17.0 Å². The lowest BCUT2D eigenvalue weighted by atomic mass is 10.2. The first-order chi connectivity index (χ1) is 12.4. The van der Waals surface area contributed by atoms with Crippen LogP contribution in [0, 0.1) is 0 Å². The molecule has 7 heteroatoms. The van der Waals surface area contributed by atoms with Gasteiger partial charge in [0.1, 0.15) is 0 Å². The molecule has 0 spiro atoms. The first-order valence-electron chi connectivity index (χ1n) is 9.01. The van der Waals surface area contributed by atoms with Gasteiger partial charge in [-0.05, 0) is 51.7 Å². The van der Waals surface area contributed by atoms with Gasteiger partial charge in [0.2, 0.25) is 5.91 Å². The van der Waals surface area contributed by atoms with Crippen LogP contribution in [-0.2, 0) is 14.3 Å². The van der Waals surface area contributed by atoms with E-state index in [1.54, 1.807) is 25.1 Å². The Balaban J connectivity index is 1.60. The molecular formula is C19H24N2O4S. The Bertz CT molecular complexity index is 701. The minimum absolute atomic E-state index is 0.0298. The van der Waals surface area contributed by atoms with E-state index in [-0.39, 0.29) is 23.1 Å². The highest BCUT2D eigenvalue weighted by molar-refractivity contribution is 8.00. The summed E-state index contributed by atoms with van der Waals surface area (Å²) >= 11 is 1.32. The van der Waals surface area contributed by atoms with Crippen molar-refractivity contribution in [2.24, 2.45) is 0 Å². The molecule has 2 amide bonds. The fraction of sp³-hybridized carbons (Fsp3) is 0.526.